The molecule has 0 bridgehead atoms. The summed E-state index contributed by atoms with van der Waals surface area (Å²) in [7, 11) is 3.10. The molecular weight excluding hydrogens is 485 g/mol. The second-order valence-corrected chi connectivity index (χ2v) is 9.95. The van der Waals surface area contributed by atoms with E-state index >= 15 is 0 Å². The molecule has 7 nitrogen and oxygen atoms in total. The fourth-order valence-electron chi connectivity index (χ4n) is 6.15. The molecule has 0 unspecified atom stereocenters. The highest BCUT2D eigenvalue weighted by Gasteiger charge is 2.48. The Labute approximate surface area is 221 Å². The average Bonchev–Trinajstić information content (AvgIpc) is 2.97. The number of benzene rings is 3. The highest BCUT2D eigenvalue weighted by atomic mass is 19.1. The summed E-state index contributed by atoms with van der Waals surface area (Å²) in [5.41, 5.74) is 4.30. The first-order chi connectivity index (χ1) is 18.5. The van der Waals surface area contributed by atoms with Crippen molar-refractivity contribution in [3.8, 4) is 11.5 Å². The quantitative estimate of drug-likeness (QED) is 0.525. The van der Waals surface area contributed by atoms with Crippen LogP contribution in [0.5, 0.6) is 11.5 Å². The maximum absolute atomic E-state index is 14.4. The van der Waals surface area contributed by atoms with E-state index in [1.807, 2.05) is 28.0 Å². The maximum atomic E-state index is 14.4. The molecule has 3 aromatic carbocycles. The van der Waals surface area contributed by atoms with Crippen LogP contribution in [0.1, 0.15) is 39.0 Å². The van der Waals surface area contributed by atoms with Crippen LogP contribution in [0.3, 0.4) is 0 Å². The number of anilines is 1. The molecule has 8 heteroatoms. The number of amides is 2. The first-order valence-corrected chi connectivity index (χ1v) is 12.9. The third-order valence-electron chi connectivity index (χ3n) is 8.08. The molecule has 6 rings (SSSR count). The molecule has 0 aliphatic carbocycles. The number of methoxy groups -OCH3 is 2. The van der Waals surface area contributed by atoms with Gasteiger partial charge in [0.15, 0.2) is 11.5 Å². The maximum Gasteiger partial charge on any atom is 0.254 e. The number of nitrogens with zero attached hydrogens (tertiary/aromatic N) is 3. The second kappa shape index (κ2) is 9.67. The number of rotatable bonds is 4. The van der Waals surface area contributed by atoms with Gasteiger partial charge in [-0.2, -0.15) is 0 Å². The van der Waals surface area contributed by atoms with Crippen molar-refractivity contribution in [3.63, 3.8) is 0 Å². The van der Waals surface area contributed by atoms with Crippen molar-refractivity contribution in [2.45, 2.75) is 18.4 Å². The van der Waals surface area contributed by atoms with E-state index in [1.54, 1.807) is 38.5 Å². The van der Waals surface area contributed by atoms with Crippen molar-refractivity contribution in [2.75, 3.05) is 51.8 Å². The average molecular weight is 516 g/mol. The molecular formula is C30H30FN3O4. The van der Waals surface area contributed by atoms with E-state index in [0.717, 1.165) is 17.7 Å². The minimum atomic E-state index is -0.568. The Hall–Kier alpha value is -4.07. The van der Waals surface area contributed by atoms with Gasteiger partial charge in [-0.3, -0.25) is 9.59 Å². The number of hydrogen-bond donors (Lipinski definition) is 0. The van der Waals surface area contributed by atoms with Crippen LogP contribution in [0, 0.1) is 5.82 Å². The molecule has 2 amide bonds. The first kappa shape index (κ1) is 24.3. The molecule has 2 atom stereocenters. The summed E-state index contributed by atoms with van der Waals surface area (Å²) < 4.78 is 24.5. The molecule has 196 valence electrons. The van der Waals surface area contributed by atoms with E-state index in [9.17, 15) is 14.0 Å². The summed E-state index contributed by atoms with van der Waals surface area (Å²) in [6, 6.07) is 17.7. The Kier molecular flexibility index (Phi) is 6.18. The van der Waals surface area contributed by atoms with Crippen LogP contribution < -0.4 is 14.4 Å². The summed E-state index contributed by atoms with van der Waals surface area (Å²) in [5.74, 6) is 0.0333. The zero-order valence-corrected chi connectivity index (χ0v) is 21.5. The monoisotopic (exact) mass is 515 g/mol. The Bertz CT molecular complexity index is 1380. The third kappa shape index (κ3) is 3.95. The summed E-state index contributed by atoms with van der Waals surface area (Å²) in [5, 5.41) is 0. The van der Waals surface area contributed by atoms with Gasteiger partial charge in [0.25, 0.3) is 5.91 Å². The van der Waals surface area contributed by atoms with Gasteiger partial charge in [-0.15, -0.1) is 0 Å². The number of ether oxygens (including phenoxy) is 2. The van der Waals surface area contributed by atoms with Gasteiger partial charge in [0.05, 0.1) is 26.2 Å². The highest BCUT2D eigenvalue weighted by molar-refractivity contribution is 6.02. The molecule has 38 heavy (non-hydrogen) atoms. The summed E-state index contributed by atoms with van der Waals surface area (Å²) in [6.07, 6.45) is 0.748. The number of halogens is 1. The van der Waals surface area contributed by atoms with Crippen molar-refractivity contribution in [2.24, 2.45) is 0 Å². The molecule has 3 aromatic rings. The smallest absolute Gasteiger partial charge is 0.254 e. The molecule has 0 radical (unpaired) electrons. The molecule has 3 heterocycles. The van der Waals surface area contributed by atoms with Crippen molar-refractivity contribution in [1.82, 2.24) is 9.80 Å². The molecule has 1 saturated heterocycles. The van der Waals surface area contributed by atoms with Crippen molar-refractivity contribution >= 4 is 17.5 Å². The van der Waals surface area contributed by atoms with Gasteiger partial charge >= 0.3 is 0 Å². The van der Waals surface area contributed by atoms with Crippen LogP contribution in [-0.4, -0.2) is 68.6 Å². The van der Waals surface area contributed by atoms with Crippen LogP contribution in [0.15, 0.2) is 60.7 Å². The van der Waals surface area contributed by atoms with Gasteiger partial charge in [-0.25, -0.2) is 4.39 Å². The lowest BCUT2D eigenvalue weighted by Crippen LogP contribution is -2.54. The minimum absolute atomic E-state index is 0.00331. The minimum Gasteiger partial charge on any atom is -0.493 e. The zero-order chi connectivity index (χ0) is 26.4. The lowest BCUT2D eigenvalue weighted by Gasteiger charge is -2.47. The highest BCUT2D eigenvalue weighted by Crippen LogP contribution is 2.49. The Morgan fingerprint density at radius 1 is 0.868 bits per heavy atom. The predicted octanol–water partition coefficient (Wildman–Crippen LogP) is 4.03. The Morgan fingerprint density at radius 2 is 1.55 bits per heavy atom. The molecule has 0 saturated carbocycles. The third-order valence-corrected chi connectivity index (χ3v) is 8.08. The Balaban J connectivity index is 1.38. The van der Waals surface area contributed by atoms with Crippen LogP contribution in [0.4, 0.5) is 10.1 Å². The lowest BCUT2D eigenvalue weighted by molar-refractivity contribution is -0.135. The van der Waals surface area contributed by atoms with Gasteiger partial charge in [-0.05, 0) is 59.5 Å². The number of fused-ring (bicyclic) bond motifs is 4. The van der Waals surface area contributed by atoms with Crippen LogP contribution in [-0.2, 0) is 11.2 Å². The standard InChI is InChI=1S/C30H30FN3O4/c1-37-25-17-23-24(18-26(25)38-2)29(35)34-12-11-19-5-3-4-6-22(19)28(34)27(23)30(36)33-15-13-32(14-16-33)21-9-7-20(31)8-10-21/h3-10,17-18,27-28H,11-16H2,1-2H3/t27-,28-/m1/s1. The SMILES string of the molecule is COc1cc2c(cc1OC)[C@@H](C(=O)N1CCN(c3ccc(F)cc3)CC1)[C@H]1c3ccccc3CCN1C2=O. The molecule has 3 aliphatic heterocycles. The summed E-state index contributed by atoms with van der Waals surface area (Å²) in [4.78, 5) is 34.1. The molecule has 3 aliphatic rings. The number of carbonyl (C=O) groups is 2. The van der Waals surface area contributed by atoms with Crippen LogP contribution in [0.25, 0.3) is 0 Å². The zero-order valence-electron chi connectivity index (χ0n) is 21.5. The van der Waals surface area contributed by atoms with Crippen LogP contribution in [0.2, 0.25) is 0 Å². The predicted molar refractivity (Wildman–Crippen MR) is 141 cm³/mol. The summed E-state index contributed by atoms with van der Waals surface area (Å²) in [6.45, 7) is 2.92. The molecule has 0 aromatic heterocycles. The fraction of sp³-hybridized carbons (Fsp3) is 0.333. The van der Waals surface area contributed by atoms with E-state index < -0.39 is 5.92 Å². The Morgan fingerprint density at radius 3 is 2.26 bits per heavy atom. The molecule has 0 spiro atoms. The molecule has 1 fully saturated rings. The number of hydrogen-bond acceptors (Lipinski definition) is 5. The van der Waals surface area contributed by atoms with E-state index in [-0.39, 0.29) is 23.7 Å². The lowest BCUT2D eigenvalue weighted by atomic mass is 9.75. The van der Waals surface area contributed by atoms with E-state index in [0.29, 0.717) is 55.3 Å². The van der Waals surface area contributed by atoms with Crippen molar-refractivity contribution < 1.29 is 23.5 Å². The van der Waals surface area contributed by atoms with Crippen LogP contribution >= 0.6 is 0 Å². The van der Waals surface area contributed by atoms with E-state index in [2.05, 4.69) is 11.0 Å². The van der Waals surface area contributed by atoms with E-state index in [1.165, 1.54) is 17.7 Å². The molecule has 0 N–H and O–H groups in total. The summed E-state index contributed by atoms with van der Waals surface area (Å²) >= 11 is 0. The first-order valence-electron chi connectivity index (χ1n) is 12.9. The van der Waals surface area contributed by atoms with Gasteiger partial charge in [0.2, 0.25) is 5.91 Å². The van der Waals surface area contributed by atoms with Crippen molar-refractivity contribution in [1.29, 1.82) is 0 Å². The normalized spacial score (nSPS) is 20.4. The number of carbonyl (C=O) groups excluding carboxylic acids is 2. The van der Waals surface area contributed by atoms with Gasteiger partial charge < -0.3 is 24.2 Å². The van der Waals surface area contributed by atoms with Gasteiger partial charge in [0, 0.05) is 44.0 Å². The van der Waals surface area contributed by atoms with Gasteiger partial charge in [0.1, 0.15) is 5.82 Å². The van der Waals surface area contributed by atoms with Gasteiger partial charge in [-0.1, -0.05) is 24.3 Å². The van der Waals surface area contributed by atoms with E-state index in [4.69, 9.17) is 9.47 Å². The largest absolute Gasteiger partial charge is 0.493 e. The topological polar surface area (TPSA) is 62.3 Å². The second-order valence-electron chi connectivity index (χ2n) is 9.95. The number of piperazine rings is 1. The van der Waals surface area contributed by atoms with Crippen molar-refractivity contribution in [3.05, 3.63) is 88.7 Å². The fourth-order valence-corrected chi connectivity index (χ4v) is 6.15.